The number of aliphatic hydroxyl groups is 1. The number of hydrogen-bond donors (Lipinski definition) is 3. The van der Waals surface area contributed by atoms with Gasteiger partial charge in [0.2, 0.25) is 0 Å². The molecule has 0 aliphatic carbocycles. The highest BCUT2D eigenvalue weighted by Gasteiger charge is 2.17. The standard InChI is InChI=1S/C19H22N2O3/c1-12-8-13(2)10-15(9-12)21-19(24)18(23)20-11-17(22)16-7-5-4-6-14(16)3/h4-10,17,22H,11H2,1-3H3,(H,20,23)(H,21,24)/t17-/m1/s1. The lowest BCUT2D eigenvalue weighted by molar-refractivity contribution is -0.136. The van der Waals surface area contributed by atoms with Crippen molar-refractivity contribution < 1.29 is 14.7 Å². The van der Waals surface area contributed by atoms with Gasteiger partial charge in [-0.1, -0.05) is 30.3 Å². The summed E-state index contributed by atoms with van der Waals surface area (Å²) in [7, 11) is 0. The Hall–Kier alpha value is -2.66. The molecule has 0 aliphatic heterocycles. The van der Waals surface area contributed by atoms with Gasteiger partial charge in [-0.15, -0.1) is 0 Å². The Morgan fingerprint density at radius 2 is 1.62 bits per heavy atom. The summed E-state index contributed by atoms with van der Waals surface area (Å²) in [6.07, 6.45) is -0.857. The lowest BCUT2D eigenvalue weighted by Crippen LogP contribution is -2.37. The number of rotatable bonds is 4. The summed E-state index contributed by atoms with van der Waals surface area (Å²) in [4.78, 5) is 23.8. The van der Waals surface area contributed by atoms with E-state index in [1.807, 2.05) is 45.0 Å². The molecule has 2 aromatic rings. The summed E-state index contributed by atoms with van der Waals surface area (Å²) in [6, 6.07) is 12.9. The van der Waals surface area contributed by atoms with Gasteiger partial charge in [0.1, 0.15) is 0 Å². The molecule has 0 saturated heterocycles. The number of carbonyl (C=O) groups is 2. The van der Waals surface area contributed by atoms with Crippen molar-refractivity contribution in [3.63, 3.8) is 0 Å². The number of aryl methyl sites for hydroxylation is 3. The molecule has 5 heteroatoms. The van der Waals surface area contributed by atoms with Gasteiger partial charge in [0.05, 0.1) is 6.10 Å². The number of amides is 2. The van der Waals surface area contributed by atoms with Crippen LogP contribution < -0.4 is 10.6 Å². The zero-order chi connectivity index (χ0) is 17.7. The molecule has 5 nitrogen and oxygen atoms in total. The molecule has 2 rings (SSSR count). The van der Waals surface area contributed by atoms with Gasteiger partial charge in [0.15, 0.2) is 0 Å². The second-order valence-electron chi connectivity index (χ2n) is 5.91. The van der Waals surface area contributed by atoms with Crippen molar-refractivity contribution in [1.29, 1.82) is 0 Å². The van der Waals surface area contributed by atoms with Crippen LogP contribution in [0.5, 0.6) is 0 Å². The van der Waals surface area contributed by atoms with Crippen LogP contribution in [0.15, 0.2) is 42.5 Å². The maximum absolute atomic E-state index is 11.9. The summed E-state index contributed by atoms with van der Waals surface area (Å²) in [5.41, 5.74) is 4.24. The van der Waals surface area contributed by atoms with Gasteiger partial charge in [-0.25, -0.2) is 0 Å². The van der Waals surface area contributed by atoms with Crippen LogP contribution in [0.3, 0.4) is 0 Å². The number of hydrogen-bond acceptors (Lipinski definition) is 3. The molecule has 0 aromatic heterocycles. The molecular formula is C19H22N2O3. The van der Waals surface area contributed by atoms with Gasteiger partial charge >= 0.3 is 11.8 Å². The molecule has 2 aromatic carbocycles. The summed E-state index contributed by atoms with van der Waals surface area (Å²) < 4.78 is 0. The molecule has 1 atom stereocenters. The minimum Gasteiger partial charge on any atom is -0.387 e. The molecule has 0 spiro atoms. The number of benzene rings is 2. The van der Waals surface area contributed by atoms with Crippen LogP contribution in [0.2, 0.25) is 0 Å². The molecule has 0 aliphatic rings. The van der Waals surface area contributed by atoms with Gasteiger partial charge in [-0.05, 0) is 55.2 Å². The first-order valence-corrected chi connectivity index (χ1v) is 7.78. The summed E-state index contributed by atoms with van der Waals surface area (Å²) in [5, 5.41) is 15.2. The molecule has 24 heavy (non-hydrogen) atoms. The van der Waals surface area contributed by atoms with Crippen LogP contribution >= 0.6 is 0 Å². The molecule has 126 valence electrons. The molecule has 0 radical (unpaired) electrons. The molecule has 0 unspecified atom stereocenters. The quantitative estimate of drug-likeness (QED) is 0.755. The van der Waals surface area contributed by atoms with Gasteiger partial charge < -0.3 is 15.7 Å². The summed E-state index contributed by atoms with van der Waals surface area (Å²) in [6.45, 7) is 5.69. The van der Waals surface area contributed by atoms with Crippen LogP contribution in [0, 0.1) is 20.8 Å². The fraction of sp³-hybridized carbons (Fsp3) is 0.263. The van der Waals surface area contributed by atoms with E-state index in [0.29, 0.717) is 5.69 Å². The van der Waals surface area contributed by atoms with Crippen LogP contribution in [-0.2, 0) is 9.59 Å². The Balaban J connectivity index is 1.92. The van der Waals surface area contributed by atoms with Gasteiger partial charge in [0.25, 0.3) is 0 Å². The number of anilines is 1. The Bertz CT molecular complexity index is 736. The third-order valence-electron chi connectivity index (χ3n) is 3.69. The third kappa shape index (κ3) is 4.67. The highest BCUT2D eigenvalue weighted by atomic mass is 16.3. The smallest absolute Gasteiger partial charge is 0.313 e. The Kier molecular flexibility index (Phi) is 5.71. The lowest BCUT2D eigenvalue weighted by atomic mass is 10.0. The van der Waals surface area contributed by atoms with Gasteiger partial charge in [-0.3, -0.25) is 9.59 Å². The Morgan fingerprint density at radius 1 is 1.00 bits per heavy atom. The average Bonchev–Trinajstić information content (AvgIpc) is 2.51. The van der Waals surface area contributed by atoms with E-state index in [4.69, 9.17) is 0 Å². The van der Waals surface area contributed by atoms with Gasteiger partial charge in [-0.2, -0.15) is 0 Å². The predicted molar refractivity (Wildman–Crippen MR) is 93.7 cm³/mol. The van der Waals surface area contributed by atoms with E-state index in [-0.39, 0.29) is 6.54 Å². The second-order valence-corrected chi connectivity index (χ2v) is 5.91. The van der Waals surface area contributed by atoms with E-state index in [1.54, 1.807) is 18.2 Å². The largest absolute Gasteiger partial charge is 0.387 e. The molecule has 2 amide bonds. The molecule has 0 bridgehead atoms. The lowest BCUT2D eigenvalue weighted by Gasteiger charge is -2.14. The van der Waals surface area contributed by atoms with Crippen molar-refractivity contribution in [2.75, 3.05) is 11.9 Å². The van der Waals surface area contributed by atoms with Crippen LogP contribution in [0.25, 0.3) is 0 Å². The van der Waals surface area contributed by atoms with Crippen molar-refractivity contribution >= 4 is 17.5 Å². The van der Waals surface area contributed by atoms with Crippen LogP contribution in [-0.4, -0.2) is 23.5 Å². The maximum atomic E-state index is 11.9. The topological polar surface area (TPSA) is 78.4 Å². The zero-order valence-electron chi connectivity index (χ0n) is 14.1. The Morgan fingerprint density at radius 3 is 2.25 bits per heavy atom. The van der Waals surface area contributed by atoms with E-state index < -0.39 is 17.9 Å². The number of carbonyl (C=O) groups excluding carboxylic acids is 2. The molecule has 0 fully saturated rings. The van der Waals surface area contributed by atoms with E-state index in [2.05, 4.69) is 10.6 Å². The van der Waals surface area contributed by atoms with Crippen molar-refractivity contribution in [3.8, 4) is 0 Å². The van der Waals surface area contributed by atoms with Crippen molar-refractivity contribution in [2.45, 2.75) is 26.9 Å². The summed E-state index contributed by atoms with van der Waals surface area (Å²) >= 11 is 0. The van der Waals surface area contributed by atoms with Crippen molar-refractivity contribution in [1.82, 2.24) is 5.32 Å². The van der Waals surface area contributed by atoms with Crippen LogP contribution in [0.1, 0.15) is 28.4 Å². The highest BCUT2D eigenvalue weighted by Crippen LogP contribution is 2.16. The monoisotopic (exact) mass is 326 g/mol. The molecule has 3 N–H and O–H groups in total. The second kappa shape index (κ2) is 7.75. The maximum Gasteiger partial charge on any atom is 0.313 e. The molecule has 0 heterocycles. The SMILES string of the molecule is Cc1cc(C)cc(NC(=O)C(=O)NC[C@@H](O)c2ccccc2C)c1. The third-order valence-corrected chi connectivity index (χ3v) is 3.69. The predicted octanol–water partition coefficient (Wildman–Crippen LogP) is 2.40. The van der Waals surface area contributed by atoms with E-state index in [1.165, 1.54) is 0 Å². The zero-order valence-corrected chi connectivity index (χ0v) is 14.1. The first-order valence-electron chi connectivity index (χ1n) is 7.78. The molecular weight excluding hydrogens is 304 g/mol. The normalized spacial score (nSPS) is 11.7. The van der Waals surface area contributed by atoms with E-state index >= 15 is 0 Å². The van der Waals surface area contributed by atoms with Crippen molar-refractivity contribution in [2.24, 2.45) is 0 Å². The fourth-order valence-corrected chi connectivity index (χ4v) is 2.57. The Labute approximate surface area is 141 Å². The first-order chi connectivity index (χ1) is 11.4. The van der Waals surface area contributed by atoms with Crippen LogP contribution in [0.4, 0.5) is 5.69 Å². The minimum absolute atomic E-state index is 0.0239. The highest BCUT2D eigenvalue weighted by molar-refractivity contribution is 6.39. The minimum atomic E-state index is -0.857. The van der Waals surface area contributed by atoms with E-state index in [9.17, 15) is 14.7 Å². The first kappa shape index (κ1) is 17.7. The fourth-order valence-electron chi connectivity index (χ4n) is 2.57. The van der Waals surface area contributed by atoms with Crippen molar-refractivity contribution in [3.05, 3.63) is 64.7 Å². The summed E-state index contributed by atoms with van der Waals surface area (Å²) in [5.74, 6) is -1.53. The number of nitrogens with one attached hydrogen (secondary N) is 2. The molecule has 0 saturated carbocycles. The van der Waals surface area contributed by atoms with E-state index in [0.717, 1.165) is 22.3 Å². The van der Waals surface area contributed by atoms with Gasteiger partial charge in [0, 0.05) is 12.2 Å². The average molecular weight is 326 g/mol. The number of aliphatic hydroxyl groups excluding tert-OH is 1.